The number of amides is 1. The predicted octanol–water partition coefficient (Wildman–Crippen LogP) is 0.482. The minimum absolute atomic E-state index is 0.0413. The number of piperidine rings is 1. The van der Waals surface area contributed by atoms with Gasteiger partial charge in [0.05, 0.1) is 23.9 Å². The molecule has 31 heavy (non-hydrogen) atoms. The Morgan fingerprint density at radius 1 is 1.03 bits per heavy atom. The quantitative estimate of drug-likeness (QED) is 0.616. The number of hydrogen-bond donors (Lipinski definition) is 1. The molecule has 11 heteroatoms. The molecule has 0 unspecified atom stereocenters. The van der Waals surface area contributed by atoms with Crippen molar-refractivity contribution in [3.05, 3.63) is 29.3 Å². The molecule has 0 saturated carbocycles. The van der Waals surface area contributed by atoms with Gasteiger partial charge in [-0.1, -0.05) is 17.7 Å². The molecule has 2 heterocycles. The van der Waals surface area contributed by atoms with E-state index < -0.39 is 20.0 Å². The van der Waals surface area contributed by atoms with Gasteiger partial charge in [0, 0.05) is 38.6 Å². The summed E-state index contributed by atoms with van der Waals surface area (Å²) in [6.07, 6.45) is 0.818. The van der Waals surface area contributed by atoms with E-state index in [4.69, 9.17) is 4.74 Å². The smallest absolute Gasteiger partial charge is 0.243 e. The topological polar surface area (TPSA) is 113 Å². The van der Waals surface area contributed by atoms with Gasteiger partial charge in [-0.3, -0.25) is 4.79 Å². The van der Waals surface area contributed by atoms with Gasteiger partial charge in [-0.25, -0.2) is 16.8 Å². The fraction of sp³-hybridized carbons (Fsp3) is 0.650. The summed E-state index contributed by atoms with van der Waals surface area (Å²) in [5, 5.41) is 2.70. The van der Waals surface area contributed by atoms with Gasteiger partial charge in [0.2, 0.25) is 26.0 Å². The number of benzene rings is 1. The largest absolute Gasteiger partial charge is 0.379 e. The average molecular weight is 474 g/mol. The summed E-state index contributed by atoms with van der Waals surface area (Å²) in [6.45, 7) is 5.71. The van der Waals surface area contributed by atoms with E-state index in [2.05, 4.69) is 5.32 Å². The summed E-state index contributed by atoms with van der Waals surface area (Å²) in [4.78, 5) is 12.8. The van der Waals surface area contributed by atoms with E-state index in [9.17, 15) is 21.6 Å². The summed E-state index contributed by atoms with van der Waals surface area (Å²) in [6, 6.07) is 5.26. The first-order chi connectivity index (χ1) is 14.6. The number of nitrogens with zero attached hydrogens (tertiary/aromatic N) is 2. The lowest BCUT2D eigenvalue weighted by Crippen LogP contribution is -2.46. The second-order valence-corrected chi connectivity index (χ2v) is 12.1. The Labute approximate surface area is 184 Å². The highest BCUT2D eigenvalue weighted by atomic mass is 32.2. The molecule has 2 aliphatic rings. The van der Waals surface area contributed by atoms with Crippen molar-refractivity contribution in [3.63, 3.8) is 0 Å². The van der Waals surface area contributed by atoms with Crippen molar-refractivity contribution in [1.82, 2.24) is 13.9 Å². The van der Waals surface area contributed by atoms with Gasteiger partial charge < -0.3 is 10.1 Å². The molecule has 1 N–H and O–H groups in total. The lowest BCUT2D eigenvalue weighted by molar-refractivity contribution is -0.125. The highest BCUT2D eigenvalue weighted by molar-refractivity contribution is 7.89. The Morgan fingerprint density at radius 3 is 2.29 bits per heavy atom. The van der Waals surface area contributed by atoms with E-state index in [1.165, 1.54) is 8.61 Å². The van der Waals surface area contributed by atoms with Crippen LogP contribution in [0.4, 0.5) is 0 Å². The van der Waals surface area contributed by atoms with Gasteiger partial charge in [-0.05, 0) is 38.3 Å². The zero-order valence-electron chi connectivity index (χ0n) is 18.0. The number of rotatable bonds is 7. The number of nitrogens with one attached hydrogen (secondary N) is 1. The number of hydrogen-bond acceptors (Lipinski definition) is 6. The van der Waals surface area contributed by atoms with Crippen molar-refractivity contribution < 1.29 is 26.4 Å². The maximum atomic E-state index is 13.0. The molecule has 0 radical (unpaired) electrons. The van der Waals surface area contributed by atoms with Gasteiger partial charge in [0.15, 0.2) is 0 Å². The molecule has 1 aromatic carbocycles. The molecular formula is C20H31N3O6S2. The van der Waals surface area contributed by atoms with Gasteiger partial charge in [0.1, 0.15) is 0 Å². The minimum Gasteiger partial charge on any atom is -0.379 e. The average Bonchev–Trinajstić information content (AvgIpc) is 2.74. The van der Waals surface area contributed by atoms with Crippen LogP contribution in [0, 0.1) is 19.8 Å². The summed E-state index contributed by atoms with van der Waals surface area (Å²) in [7, 11) is -7.03. The van der Waals surface area contributed by atoms with Crippen molar-refractivity contribution >= 4 is 26.0 Å². The molecule has 1 amide bonds. The maximum Gasteiger partial charge on any atom is 0.243 e. The number of carbonyl (C=O) groups excluding carboxylic acids is 1. The maximum absolute atomic E-state index is 13.0. The monoisotopic (exact) mass is 473 g/mol. The number of sulfonamides is 2. The van der Waals surface area contributed by atoms with Crippen LogP contribution < -0.4 is 5.32 Å². The first-order valence-corrected chi connectivity index (χ1v) is 13.6. The van der Waals surface area contributed by atoms with Crippen LogP contribution in [0.15, 0.2) is 23.1 Å². The third-order valence-electron chi connectivity index (χ3n) is 5.80. The van der Waals surface area contributed by atoms with Crippen molar-refractivity contribution in [2.75, 3.05) is 51.7 Å². The fourth-order valence-corrected chi connectivity index (χ4v) is 6.99. The van der Waals surface area contributed by atoms with Crippen molar-refractivity contribution in [2.24, 2.45) is 5.92 Å². The van der Waals surface area contributed by atoms with Gasteiger partial charge in [-0.2, -0.15) is 8.61 Å². The van der Waals surface area contributed by atoms with Crippen molar-refractivity contribution in [3.8, 4) is 0 Å². The molecule has 0 atom stereocenters. The molecular weight excluding hydrogens is 442 g/mol. The Kier molecular flexibility index (Phi) is 7.74. The molecule has 2 fully saturated rings. The molecule has 0 bridgehead atoms. The van der Waals surface area contributed by atoms with Crippen molar-refractivity contribution in [2.45, 2.75) is 31.6 Å². The molecule has 0 aromatic heterocycles. The summed E-state index contributed by atoms with van der Waals surface area (Å²) in [5.41, 5.74) is 1.71. The van der Waals surface area contributed by atoms with Crippen molar-refractivity contribution in [1.29, 1.82) is 0 Å². The van der Waals surface area contributed by atoms with Crippen LogP contribution >= 0.6 is 0 Å². The first-order valence-electron chi connectivity index (χ1n) is 10.5. The van der Waals surface area contributed by atoms with E-state index in [1.54, 1.807) is 19.1 Å². The van der Waals surface area contributed by atoms with Gasteiger partial charge in [0.25, 0.3) is 0 Å². The Bertz CT molecular complexity index is 996. The van der Waals surface area contributed by atoms with Crippen LogP contribution in [0.25, 0.3) is 0 Å². The third-order valence-corrected chi connectivity index (χ3v) is 9.73. The van der Waals surface area contributed by atoms with Crippen LogP contribution in [0.1, 0.15) is 24.0 Å². The number of carbonyl (C=O) groups is 1. The molecule has 0 aliphatic carbocycles. The van der Waals surface area contributed by atoms with Crippen LogP contribution in [-0.4, -0.2) is 83.0 Å². The fourth-order valence-electron chi connectivity index (χ4n) is 3.99. The highest BCUT2D eigenvalue weighted by Crippen LogP contribution is 2.26. The molecule has 1 aromatic rings. The molecule has 3 rings (SSSR count). The van der Waals surface area contributed by atoms with E-state index in [0.29, 0.717) is 49.6 Å². The van der Waals surface area contributed by atoms with Crippen LogP contribution in [0.5, 0.6) is 0 Å². The lowest BCUT2D eigenvalue weighted by Gasteiger charge is -2.31. The Morgan fingerprint density at radius 2 is 1.68 bits per heavy atom. The number of morpholine rings is 1. The normalized spacial score (nSPS) is 19.9. The third kappa shape index (κ3) is 5.83. The number of ether oxygens (including phenoxy) is 1. The molecule has 2 aliphatic heterocycles. The molecule has 0 spiro atoms. The molecule has 2 saturated heterocycles. The predicted molar refractivity (Wildman–Crippen MR) is 117 cm³/mol. The minimum atomic E-state index is -3.60. The van der Waals surface area contributed by atoms with Crippen LogP contribution in [0.3, 0.4) is 0 Å². The lowest BCUT2D eigenvalue weighted by atomic mass is 9.97. The number of aryl methyl sites for hydroxylation is 2. The molecule has 174 valence electrons. The molecule has 9 nitrogen and oxygen atoms in total. The van der Waals surface area contributed by atoms with E-state index in [1.807, 2.05) is 13.0 Å². The highest BCUT2D eigenvalue weighted by Gasteiger charge is 2.33. The van der Waals surface area contributed by atoms with E-state index in [0.717, 1.165) is 5.56 Å². The van der Waals surface area contributed by atoms with Gasteiger partial charge >= 0.3 is 0 Å². The zero-order chi connectivity index (χ0) is 22.6. The van der Waals surface area contributed by atoms with Gasteiger partial charge in [-0.15, -0.1) is 0 Å². The second kappa shape index (κ2) is 9.95. The Balaban J connectivity index is 1.49. The first kappa shape index (κ1) is 24.1. The summed E-state index contributed by atoms with van der Waals surface area (Å²) in [5.74, 6) is -0.698. The van der Waals surface area contributed by atoms with E-state index >= 15 is 0 Å². The summed E-state index contributed by atoms with van der Waals surface area (Å²) >= 11 is 0. The van der Waals surface area contributed by atoms with Crippen LogP contribution in [0.2, 0.25) is 0 Å². The Hall–Kier alpha value is -1.53. The van der Waals surface area contributed by atoms with E-state index in [-0.39, 0.29) is 37.2 Å². The SMILES string of the molecule is Cc1ccc(S(=O)(=O)N2CCC(C(=O)NCCS(=O)(=O)N3CCOCC3)CC2)c(C)c1. The zero-order valence-corrected chi connectivity index (χ0v) is 19.7. The summed E-state index contributed by atoms with van der Waals surface area (Å²) < 4.78 is 58.6. The second-order valence-electron chi connectivity index (χ2n) is 8.07. The standard InChI is InChI=1S/C20H31N3O6S2/c1-16-3-4-19(17(2)15-16)31(27,28)23-8-5-18(6-9-23)20(24)21-7-14-30(25,26)22-10-12-29-13-11-22/h3-4,15,18H,5-14H2,1-2H3,(H,21,24). The van der Waals surface area contributed by atoms with Crippen LogP contribution in [-0.2, 0) is 29.6 Å².